The van der Waals surface area contributed by atoms with Crippen LogP contribution in [-0.2, 0) is 23.9 Å². The fourth-order valence-electron chi connectivity index (χ4n) is 2.32. The molecule has 1 aromatic rings. The van der Waals surface area contributed by atoms with Crippen molar-refractivity contribution in [1.29, 1.82) is 0 Å². The molecule has 0 aromatic heterocycles. The summed E-state index contributed by atoms with van der Waals surface area (Å²) in [7, 11) is 1.26. The van der Waals surface area contributed by atoms with Crippen LogP contribution in [-0.4, -0.2) is 61.5 Å². The third-order valence-electron chi connectivity index (χ3n) is 3.60. The van der Waals surface area contributed by atoms with Crippen LogP contribution >= 0.6 is 11.8 Å². The third-order valence-corrected chi connectivity index (χ3v) is 4.51. The van der Waals surface area contributed by atoms with Gasteiger partial charge in [-0.25, -0.2) is 4.79 Å². The smallest absolute Gasteiger partial charge is 0.343 e. The standard InChI is InChI=1S/C19H21NO8S/c1-4-26-14-8-12(6-7-13(14)28-11-17(22)25-3)9-15-18(23)20(19(24)29-15)10-16(21)27-5-2/h6-9H,4-5,10-11H2,1-3H3/b15-9-. The van der Waals surface area contributed by atoms with Gasteiger partial charge in [-0.1, -0.05) is 6.07 Å². The molecule has 0 unspecified atom stereocenters. The number of thioether (sulfide) groups is 1. The molecule has 0 spiro atoms. The summed E-state index contributed by atoms with van der Waals surface area (Å²) in [5.74, 6) is -1.05. The molecule has 1 aromatic carbocycles. The fraction of sp³-hybridized carbons (Fsp3) is 0.368. The molecule has 2 amide bonds. The molecular formula is C19H21NO8S. The lowest BCUT2D eigenvalue weighted by atomic mass is 10.2. The molecule has 1 saturated heterocycles. The Balaban J connectivity index is 2.19. The summed E-state index contributed by atoms with van der Waals surface area (Å²) in [6.45, 7) is 3.24. The summed E-state index contributed by atoms with van der Waals surface area (Å²) < 4.78 is 20.2. The van der Waals surface area contributed by atoms with Gasteiger partial charge in [0, 0.05) is 0 Å². The van der Waals surface area contributed by atoms with Crippen molar-refractivity contribution >= 4 is 40.9 Å². The molecule has 1 fully saturated rings. The van der Waals surface area contributed by atoms with Crippen LogP contribution in [0.1, 0.15) is 19.4 Å². The van der Waals surface area contributed by atoms with Crippen molar-refractivity contribution in [3.63, 3.8) is 0 Å². The Labute approximate surface area is 171 Å². The number of carbonyl (C=O) groups is 4. The molecule has 1 heterocycles. The molecule has 0 N–H and O–H groups in total. The highest BCUT2D eigenvalue weighted by molar-refractivity contribution is 8.18. The highest BCUT2D eigenvalue weighted by Crippen LogP contribution is 2.34. The van der Waals surface area contributed by atoms with E-state index in [-0.39, 0.29) is 18.1 Å². The Morgan fingerprint density at radius 3 is 2.48 bits per heavy atom. The van der Waals surface area contributed by atoms with Gasteiger partial charge in [0.05, 0.1) is 25.2 Å². The van der Waals surface area contributed by atoms with Crippen molar-refractivity contribution in [3.8, 4) is 11.5 Å². The van der Waals surface area contributed by atoms with E-state index >= 15 is 0 Å². The predicted molar refractivity (Wildman–Crippen MR) is 104 cm³/mol. The van der Waals surface area contributed by atoms with Gasteiger partial charge in [-0.2, -0.15) is 0 Å². The summed E-state index contributed by atoms with van der Waals surface area (Å²) in [6.07, 6.45) is 1.52. The number of rotatable bonds is 9. The average Bonchev–Trinajstić information content (AvgIpc) is 2.95. The summed E-state index contributed by atoms with van der Waals surface area (Å²) in [5.41, 5.74) is 0.584. The highest BCUT2D eigenvalue weighted by Gasteiger charge is 2.36. The maximum absolute atomic E-state index is 12.4. The lowest BCUT2D eigenvalue weighted by Crippen LogP contribution is -2.34. The second kappa shape index (κ2) is 10.5. The van der Waals surface area contributed by atoms with Crippen molar-refractivity contribution in [2.24, 2.45) is 0 Å². The Hall–Kier alpha value is -3.01. The Kier molecular flexibility index (Phi) is 8.08. The molecule has 156 valence electrons. The van der Waals surface area contributed by atoms with Crippen LogP contribution in [0.4, 0.5) is 4.79 Å². The fourth-order valence-corrected chi connectivity index (χ4v) is 3.16. The van der Waals surface area contributed by atoms with E-state index in [0.29, 0.717) is 23.7 Å². The first-order valence-electron chi connectivity index (χ1n) is 8.77. The van der Waals surface area contributed by atoms with Crippen LogP contribution in [0.3, 0.4) is 0 Å². The predicted octanol–water partition coefficient (Wildman–Crippen LogP) is 2.24. The van der Waals surface area contributed by atoms with E-state index < -0.39 is 29.6 Å². The van der Waals surface area contributed by atoms with Gasteiger partial charge in [-0.3, -0.25) is 19.3 Å². The number of ether oxygens (including phenoxy) is 4. The van der Waals surface area contributed by atoms with Crippen LogP contribution < -0.4 is 9.47 Å². The van der Waals surface area contributed by atoms with Gasteiger partial charge in [-0.15, -0.1) is 0 Å². The minimum Gasteiger partial charge on any atom is -0.490 e. The third kappa shape index (κ3) is 5.98. The SMILES string of the molecule is CCOC(=O)CN1C(=O)S/C(=C\c2ccc(OCC(=O)OC)c(OCC)c2)C1=O. The molecule has 0 radical (unpaired) electrons. The van der Waals surface area contributed by atoms with E-state index in [4.69, 9.17) is 14.2 Å². The van der Waals surface area contributed by atoms with E-state index in [9.17, 15) is 19.2 Å². The monoisotopic (exact) mass is 423 g/mol. The lowest BCUT2D eigenvalue weighted by Gasteiger charge is -2.12. The molecule has 0 atom stereocenters. The largest absolute Gasteiger partial charge is 0.490 e. The number of amides is 2. The summed E-state index contributed by atoms with van der Waals surface area (Å²) in [6, 6.07) is 4.85. The van der Waals surface area contributed by atoms with Crippen molar-refractivity contribution < 1.29 is 38.1 Å². The summed E-state index contributed by atoms with van der Waals surface area (Å²) >= 11 is 0.735. The zero-order chi connectivity index (χ0) is 21.4. The average molecular weight is 423 g/mol. The van der Waals surface area contributed by atoms with Crippen LogP contribution in [0.25, 0.3) is 6.08 Å². The molecule has 1 aliphatic heterocycles. The quantitative estimate of drug-likeness (QED) is 0.436. The zero-order valence-corrected chi connectivity index (χ0v) is 17.1. The number of nitrogens with zero attached hydrogens (tertiary/aromatic N) is 1. The first kappa shape index (κ1) is 22.3. The number of imide groups is 1. The molecule has 2 rings (SSSR count). The maximum Gasteiger partial charge on any atom is 0.343 e. The number of methoxy groups -OCH3 is 1. The van der Waals surface area contributed by atoms with Crippen molar-refractivity contribution in [2.75, 3.05) is 33.5 Å². The normalized spacial score (nSPS) is 14.9. The molecule has 0 aliphatic carbocycles. The second-order valence-electron chi connectivity index (χ2n) is 5.58. The Bertz CT molecular complexity index is 835. The summed E-state index contributed by atoms with van der Waals surface area (Å²) in [4.78, 5) is 48.4. The minimum atomic E-state index is -0.651. The topological polar surface area (TPSA) is 108 Å². The molecule has 0 saturated carbocycles. The van der Waals surface area contributed by atoms with Gasteiger partial charge in [-0.05, 0) is 49.4 Å². The van der Waals surface area contributed by atoms with Crippen molar-refractivity contribution in [3.05, 3.63) is 28.7 Å². The van der Waals surface area contributed by atoms with Gasteiger partial charge < -0.3 is 18.9 Å². The Morgan fingerprint density at radius 1 is 1.07 bits per heavy atom. The maximum atomic E-state index is 12.4. The van der Waals surface area contributed by atoms with E-state index in [1.54, 1.807) is 32.0 Å². The first-order valence-corrected chi connectivity index (χ1v) is 9.58. The van der Waals surface area contributed by atoms with Crippen LogP contribution in [0.2, 0.25) is 0 Å². The van der Waals surface area contributed by atoms with Crippen molar-refractivity contribution in [1.82, 2.24) is 4.90 Å². The second-order valence-corrected chi connectivity index (χ2v) is 6.57. The van der Waals surface area contributed by atoms with Gasteiger partial charge in [0.2, 0.25) is 0 Å². The number of benzene rings is 1. The zero-order valence-electron chi connectivity index (χ0n) is 16.3. The first-order chi connectivity index (χ1) is 13.9. The van der Waals surface area contributed by atoms with Gasteiger partial charge in [0.25, 0.3) is 11.1 Å². The molecule has 0 bridgehead atoms. The van der Waals surface area contributed by atoms with Gasteiger partial charge in [0.15, 0.2) is 18.1 Å². The van der Waals surface area contributed by atoms with Crippen LogP contribution in [0.5, 0.6) is 11.5 Å². The number of hydrogen-bond donors (Lipinski definition) is 0. The van der Waals surface area contributed by atoms with E-state index in [0.717, 1.165) is 16.7 Å². The van der Waals surface area contributed by atoms with E-state index in [1.165, 1.54) is 13.2 Å². The van der Waals surface area contributed by atoms with E-state index in [1.807, 2.05) is 0 Å². The lowest BCUT2D eigenvalue weighted by molar-refractivity contribution is -0.146. The molecule has 9 nitrogen and oxygen atoms in total. The Morgan fingerprint density at radius 2 is 1.83 bits per heavy atom. The molecule has 29 heavy (non-hydrogen) atoms. The van der Waals surface area contributed by atoms with Crippen LogP contribution in [0.15, 0.2) is 23.1 Å². The minimum absolute atomic E-state index is 0.162. The number of esters is 2. The molecule has 1 aliphatic rings. The van der Waals surface area contributed by atoms with E-state index in [2.05, 4.69) is 4.74 Å². The van der Waals surface area contributed by atoms with Crippen molar-refractivity contribution in [2.45, 2.75) is 13.8 Å². The number of hydrogen-bond acceptors (Lipinski definition) is 9. The van der Waals surface area contributed by atoms with Gasteiger partial charge >= 0.3 is 11.9 Å². The van der Waals surface area contributed by atoms with Gasteiger partial charge in [0.1, 0.15) is 6.54 Å². The number of carbonyl (C=O) groups excluding carboxylic acids is 4. The highest BCUT2D eigenvalue weighted by atomic mass is 32.2. The molecule has 10 heteroatoms. The van der Waals surface area contributed by atoms with Crippen LogP contribution in [0, 0.1) is 0 Å². The summed E-state index contributed by atoms with van der Waals surface area (Å²) in [5, 5.41) is -0.544. The molecular weight excluding hydrogens is 402 g/mol.